The lowest BCUT2D eigenvalue weighted by atomic mass is 10.0. The second-order valence-corrected chi connectivity index (χ2v) is 7.22. The van der Waals surface area contributed by atoms with Gasteiger partial charge in [-0.3, -0.25) is 4.90 Å². The van der Waals surface area contributed by atoms with E-state index in [4.69, 9.17) is 4.74 Å². The van der Waals surface area contributed by atoms with Crippen LogP contribution in [0.2, 0.25) is 0 Å². The van der Waals surface area contributed by atoms with E-state index in [0.717, 1.165) is 65.4 Å². The molecule has 0 aliphatic carbocycles. The number of hydrogen-bond acceptors (Lipinski definition) is 4. The van der Waals surface area contributed by atoms with Crippen LogP contribution in [0, 0.1) is 0 Å². The van der Waals surface area contributed by atoms with Crippen molar-refractivity contribution in [2.45, 2.75) is 25.4 Å². The molecule has 2 amide bonds. The number of ether oxygens (including phenoxy) is 1. The Balaban J connectivity index is 1.34. The highest BCUT2D eigenvalue weighted by Gasteiger charge is 2.31. The molecule has 0 aromatic heterocycles. The highest BCUT2D eigenvalue weighted by molar-refractivity contribution is 5.76. The number of piperidine rings is 1. The van der Waals surface area contributed by atoms with Gasteiger partial charge in [0.05, 0.1) is 13.2 Å². The number of morpholine rings is 1. The summed E-state index contributed by atoms with van der Waals surface area (Å²) in [5.74, 6) is 0. The van der Waals surface area contributed by atoms with Gasteiger partial charge < -0.3 is 19.9 Å². The van der Waals surface area contributed by atoms with Crippen molar-refractivity contribution in [1.82, 2.24) is 15.1 Å². The number of nitrogens with one attached hydrogen (secondary N) is 1. The van der Waals surface area contributed by atoms with Crippen molar-refractivity contribution < 1.29 is 9.53 Å². The fraction of sp³-hybridized carbons (Fsp3) is 0.632. The van der Waals surface area contributed by atoms with Gasteiger partial charge in [0.15, 0.2) is 0 Å². The minimum Gasteiger partial charge on any atom is -0.378 e. The van der Waals surface area contributed by atoms with E-state index in [1.807, 2.05) is 4.90 Å². The number of amides is 2. The summed E-state index contributed by atoms with van der Waals surface area (Å²) in [6.45, 7) is 8.31. The first-order valence-electron chi connectivity index (χ1n) is 9.48. The molecule has 3 aliphatic rings. The van der Waals surface area contributed by atoms with E-state index in [1.165, 1.54) is 17.7 Å². The van der Waals surface area contributed by atoms with Crippen LogP contribution in [-0.4, -0.2) is 74.4 Å². The van der Waals surface area contributed by atoms with Gasteiger partial charge in [-0.25, -0.2) is 4.79 Å². The average Bonchev–Trinajstić information content (AvgIpc) is 3.09. The number of rotatable bonds is 4. The molecule has 136 valence electrons. The molecule has 6 heteroatoms. The molecule has 1 N–H and O–H groups in total. The number of urea groups is 1. The summed E-state index contributed by atoms with van der Waals surface area (Å²) in [6, 6.07) is 9.44. The Morgan fingerprint density at radius 2 is 1.88 bits per heavy atom. The molecular formula is C19H28N4O2. The number of anilines is 1. The van der Waals surface area contributed by atoms with Gasteiger partial charge in [-0.1, -0.05) is 12.1 Å². The van der Waals surface area contributed by atoms with Gasteiger partial charge in [0.2, 0.25) is 0 Å². The fourth-order valence-corrected chi connectivity index (χ4v) is 4.16. The first kappa shape index (κ1) is 16.7. The number of carbonyl (C=O) groups is 1. The van der Waals surface area contributed by atoms with Crippen LogP contribution in [0.15, 0.2) is 24.3 Å². The summed E-state index contributed by atoms with van der Waals surface area (Å²) in [5, 5.41) is 2.92. The Labute approximate surface area is 149 Å². The summed E-state index contributed by atoms with van der Waals surface area (Å²) < 4.78 is 5.42. The van der Waals surface area contributed by atoms with Gasteiger partial charge >= 0.3 is 6.03 Å². The molecule has 1 atom stereocenters. The first-order valence-corrected chi connectivity index (χ1v) is 9.48. The monoisotopic (exact) mass is 344 g/mol. The Morgan fingerprint density at radius 1 is 1.08 bits per heavy atom. The molecule has 6 nitrogen and oxygen atoms in total. The van der Waals surface area contributed by atoms with E-state index < -0.39 is 0 Å². The molecule has 0 saturated carbocycles. The van der Waals surface area contributed by atoms with Crippen LogP contribution >= 0.6 is 0 Å². The van der Waals surface area contributed by atoms with Crippen LogP contribution in [0.3, 0.4) is 0 Å². The average molecular weight is 344 g/mol. The van der Waals surface area contributed by atoms with Crippen LogP contribution in [0.25, 0.3) is 0 Å². The van der Waals surface area contributed by atoms with Crippen molar-refractivity contribution >= 4 is 11.7 Å². The summed E-state index contributed by atoms with van der Waals surface area (Å²) in [4.78, 5) is 18.8. The number of nitrogens with zero attached hydrogens (tertiary/aromatic N) is 3. The highest BCUT2D eigenvalue weighted by Crippen LogP contribution is 2.21. The molecule has 0 spiro atoms. The molecule has 1 aromatic rings. The van der Waals surface area contributed by atoms with Crippen LogP contribution in [-0.2, 0) is 11.3 Å². The summed E-state index contributed by atoms with van der Waals surface area (Å²) in [7, 11) is 0. The van der Waals surface area contributed by atoms with Gasteiger partial charge in [-0.2, -0.15) is 0 Å². The van der Waals surface area contributed by atoms with Gasteiger partial charge in [0.1, 0.15) is 0 Å². The van der Waals surface area contributed by atoms with Gasteiger partial charge in [-0.05, 0) is 37.1 Å². The normalized spacial score (nSPS) is 25.3. The maximum atomic E-state index is 11.9. The second kappa shape index (κ2) is 7.62. The van der Waals surface area contributed by atoms with Gasteiger partial charge in [0.25, 0.3) is 0 Å². The fourth-order valence-electron chi connectivity index (χ4n) is 4.16. The van der Waals surface area contributed by atoms with Crippen LogP contribution in [0.1, 0.15) is 18.4 Å². The number of carbonyl (C=O) groups excluding carboxylic acids is 1. The molecule has 0 radical (unpaired) electrons. The lowest BCUT2D eigenvalue weighted by Crippen LogP contribution is -2.48. The topological polar surface area (TPSA) is 48.1 Å². The van der Waals surface area contributed by atoms with E-state index in [1.54, 1.807) is 0 Å². The minimum atomic E-state index is 0.113. The third-order valence-corrected chi connectivity index (χ3v) is 5.53. The number of likely N-dealkylation sites (tertiary alicyclic amines) is 1. The molecule has 0 bridgehead atoms. The van der Waals surface area contributed by atoms with E-state index in [-0.39, 0.29) is 6.03 Å². The zero-order valence-corrected chi connectivity index (χ0v) is 14.8. The molecular weight excluding hydrogens is 316 g/mol. The van der Waals surface area contributed by atoms with Crippen molar-refractivity contribution in [1.29, 1.82) is 0 Å². The van der Waals surface area contributed by atoms with Crippen LogP contribution in [0.5, 0.6) is 0 Å². The quantitative estimate of drug-likeness (QED) is 0.900. The zero-order chi connectivity index (χ0) is 17.1. The standard InChI is InChI=1S/C19H28N4O2/c24-19-20-7-9-23(19)18-2-1-8-21(15-18)14-16-3-5-17(6-4-16)22-10-12-25-13-11-22/h3-6,18H,1-2,7-15H2,(H,20,24). The van der Waals surface area contributed by atoms with Crippen LogP contribution in [0.4, 0.5) is 10.5 Å². The molecule has 3 aliphatic heterocycles. The Bertz CT molecular complexity index is 586. The second-order valence-electron chi connectivity index (χ2n) is 7.22. The number of benzene rings is 1. The lowest BCUT2D eigenvalue weighted by Gasteiger charge is -2.37. The van der Waals surface area contributed by atoms with E-state index in [0.29, 0.717) is 6.04 Å². The molecule has 1 aromatic carbocycles. The molecule has 3 saturated heterocycles. The molecule has 1 unspecified atom stereocenters. The summed E-state index contributed by atoms with van der Waals surface area (Å²) in [6.07, 6.45) is 2.29. The predicted octanol–water partition coefficient (Wildman–Crippen LogP) is 1.51. The predicted molar refractivity (Wildman–Crippen MR) is 97.9 cm³/mol. The largest absolute Gasteiger partial charge is 0.378 e. The summed E-state index contributed by atoms with van der Waals surface area (Å²) in [5.41, 5.74) is 2.64. The van der Waals surface area contributed by atoms with Crippen molar-refractivity contribution in [3.63, 3.8) is 0 Å². The van der Waals surface area contributed by atoms with E-state index in [9.17, 15) is 4.79 Å². The molecule has 3 fully saturated rings. The maximum Gasteiger partial charge on any atom is 0.317 e. The van der Waals surface area contributed by atoms with E-state index >= 15 is 0 Å². The molecule has 3 heterocycles. The Morgan fingerprint density at radius 3 is 2.60 bits per heavy atom. The number of hydrogen-bond donors (Lipinski definition) is 1. The Hall–Kier alpha value is -1.79. The van der Waals surface area contributed by atoms with Gasteiger partial charge in [-0.15, -0.1) is 0 Å². The Kier molecular flexibility index (Phi) is 5.08. The van der Waals surface area contributed by atoms with Crippen molar-refractivity contribution in [2.75, 3.05) is 57.4 Å². The third kappa shape index (κ3) is 3.90. The lowest BCUT2D eigenvalue weighted by molar-refractivity contribution is 0.122. The van der Waals surface area contributed by atoms with E-state index in [2.05, 4.69) is 39.4 Å². The summed E-state index contributed by atoms with van der Waals surface area (Å²) >= 11 is 0. The SMILES string of the molecule is O=C1NCCN1C1CCCN(Cc2ccc(N3CCOCC3)cc2)C1. The van der Waals surface area contributed by atoms with Crippen LogP contribution < -0.4 is 10.2 Å². The van der Waals surface area contributed by atoms with Gasteiger partial charge in [0, 0.05) is 51.0 Å². The van der Waals surface area contributed by atoms with Crippen molar-refractivity contribution in [3.05, 3.63) is 29.8 Å². The highest BCUT2D eigenvalue weighted by atomic mass is 16.5. The maximum absolute atomic E-state index is 11.9. The third-order valence-electron chi connectivity index (χ3n) is 5.53. The first-order chi connectivity index (χ1) is 12.3. The van der Waals surface area contributed by atoms with Crippen molar-refractivity contribution in [2.24, 2.45) is 0 Å². The molecule has 25 heavy (non-hydrogen) atoms. The zero-order valence-electron chi connectivity index (χ0n) is 14.8. The van der Waals surface area contributed by atoms with Crippen molar-refractivity contribution in [3.8, 4) is 0 Å². The minimum absolute atomic E-state index is 0.113. The molecule has 4 rings (SSSR count). The smallest absolute Gasteiger partial charge is 0.317 e.